The third kappa shape index (κ3) is 3.03. The van der Waals surface area contributed by atoms with Crippen LogP contribution in [0, 0.1) is 6.92 Å². The van der Waals surface area contributed by atoms with E-state index in [-0.39, 0.29) is 6.61 Å². The van der Waals surface area contributed by atoms with Crippen LogP contribution < -0.4 is 5.73 Å². The first kappa shape index (κ1) is 13.8. The fourth-order valence-electron chi connectivity index (χ4n) is 2.51. The van der Waals surface area contributed by atoms with Crippen LogP contribution in [0.2, 0.25) is 0 Å². The van der Waals surface area contributed by atoms with E-state index in [0.717, 1.165) is 12.0 Å². The Hall–Kier alpha value is -1.64. The predicted octanol–water partition coefficient (Wildman–Crippen LogP) is 2.43. The summed E-state index contributed by atoms with van der Waals surface area (Å²) in [4.78, 5) is 0. The summed E-state index contributed by atoms with van der Waals surface area (Å²) in [7, 11) is 0. The molecule has 2 nitrogen and oxygen atoms in total. The van der Waals surface area contributed by atoms with Gasteiger partial charge in [0.2, 0.25) is 0 Å². The van der Waals surface area contributed by atoms with Crippen LogP contribution in [0.5, 0.6) is 0 Å². The molecule has 100 valence electrons. The number of benzene rings is 2. The summed E-state index contributed by atoms with van der Waals surface area (Å²) in [5, 5.41) is 9.88. The second-order valence-corrected chi connectivity index (χ2v) is 5.17. The molecule has 0 fully saturated rings. The highest BCUT2D eigenvalue weighted by molar-refractivity contribution is 5.31. The largest absolute Gasteiger partial charge is 0.395 e. The normalized spacial score (nSPS) is 14.1. The molecule has 19 heavy (non-hydrogen) atoms. The molecular formula is C17H21NO. The second kappa shape index (κ2) is 6.00. The Kier molecular flexibility index (Phi) is 4.35. The third-order valence-corrected chi connectivity index (χ3v) is 3.70. The summed E-state index contributed by atoms with van der Waals surface area (Å²) >= 11 is 0. The van der Waals surface area contributed by atoms with Gasteiger partial charge in [-0.15, -0.1) is 0 Å². The van der Waals surface area contributed by atoms with E-state index in [9.17, 15) is 5.11 Å². The number of rotatable bonds is 5. The molecule has 2 rings (SSSR count). The number of hydrogen-bond donors (Lipinski definition) is 2. The molecule has 0 saturated carbocycles. The summed E-state index contributed by atoms with van der Waals surface area (Å²) in [5.41, 5.74) is 9.12. The topological polar surface area (TPSA) is 46.2 Å². The van der Waals surface area contributed by atoms with Crippen molar-refractivity contribution in [2.45, 2.75) is 18.8 Å². The number of aliphatic hydroxyl groups excluding tert-OH is 1. The van der Waals surface area contributed by atoms with Crippen molar-refractivity contribution in [3.05, 3.63) is 71.3 Å². The van der Waals surface area contributed by atoms with E-state index in [2.05, 4.69) is 25.1 Å². The molecule has 0 aromatic heterocycles. The summed E-state index contributed by atoms with van der Waals surface area (Å²) in [6.07, 6.45) is 0.756. The molecule has 0 amide bonds. The highest BCUT2D eigenvalue weighted by atomic mass is 16.3. The van der Waals surface area contributed by atoms with Gasteiger partial charge in [0.05, 0.1) is 6.61 Å². The van der Waals surface area contributed by atoms with Gasteiger partial charge in [-0.2, -0.15) is 0 Å². The zero-order valence-corrected chi connectivity index (χ0v) is 11.3. The summed E-state index contributed by atoms with van der Waals surface area (Å²) < 4.78 is 0. The van der Waals surface area contributed by atoms with Gasteiger partial charge in [0.1, 0.15) is 0 Å². The average molecular weight is 255 g/mol. The van der Waals surface area contributed by atoms with Crippen molar-refractivity contribution < 1.29 is 5.11 Å². The smallest absolute Gasteiger partial charge is 0.0543 e. The van der Waals surface area contributed by atoms with Crippen LogP contribution in [0.15, 0.2) is 54.6 Å². The van der Waals surface area contributed by atoms with Gasteiger partial charge in [0.25, 0.3) is 0 Å². The van der Waals surface area contributed by atoms with E-state index in [4.69, 9.17) is 5.73 Å². The van der Waals surface area contributed by atoms with Gasteiger partial charge in [0, 0.05) is 12.0 Å². The van der Waals surface area contributed by atoms with E-state index in [1.54, 1.807) is 0 Å². The molecule has 2 aromatic carbocycles. The molecule has 3 N–H and O–H groups in total. The maximum Gasteiger partial charge on any atom is 0.0543 e. The lowest BCUT2D eigenvalue weighted by Crippen LogP contribution is -2.41. The molecule has 0 aliphatic heterocycles. The Bertz CT molecular complexity index is 518. The Morgan fingerprint density at radius 3 is 2.37 bits per heavy atom. The quantitative estimate of drug-likeness (QED) is 0.862. The van der Waals surface area contributed by atoms with Crippen LogP contribution in [0.3, 0.4) is 0 Å². The van der Waals surface area contributed by atoms with Crippen molar-refractivity contribution >= 4 is 0 Å². The van der Waals surface area contributed by atoms with Crippen LogP contribution in [0.25, 0.3) is 0 Å². The van der Waals surface area contributed by atoms with Gasteiger partial charge in [-0.3, -0.25) is 0 Å². The molecule has 0 saturated heterocycles. The first-order valence-electron chi connectivity index (χ1n) is 6.62. The van der Waals surface area contributed by atoms with E-state index in [1.807, 2.05) is 36.4 Å². The van der Waals surface area contributed by atoms with Gasteiger partial charge >= 0.3 is 0 Å². The first-order valence-corrected chi connectivity index (χ1v) is 6.62. The van der Waals surface area contributed by atoms with E-state index in [1.165, 1.54) is 11.1 Å². The molecule has 1 atom stereocenters. The van der Waals surface area contributed by atoms with Crippen molar-refractivity contribution in [2.24, 2.45) is 5.73 Å². The van der Waals surface area contributed by atoms with Gasteiger partial charge in [-0.05, 0) is 24.5 Å². The predicted molar refractivity (Wildman–Crippen MR) is 79.1 cm³/mol. The summed E-state index contributed by atoms with van der Waals surface area (Å²) in [6, 6.07) is 18.4. The fraction of sp³-hybridized carbons (Fsp3) is 0.294. The number of hydrogen-bond acceptors (Lipinski definition) is 2. The lowest BCUT2D eigenvalue weighted by atomic mass is 9.76. The molecule has 0 aliphatic rings. The SMILES string of the molecule is Cc1cccc(CC(CN)(CO)c2ccccc2)c1. The Balaban J connectivity index is 2.35. The van der Waals surface area contributed by atoms with Crippen LogP contribution >= 0.6 is 0 Å². The highest BCUT2D eigenvalue weighted by Crippen LogP contribution is 2.27. The van der Waals surface area contributed by atoms with E-state index >= 15 is 0 Å². The minimum atomic E-state index is -0.394. The molecule has 1 unspecified atom stereocenters. The van der Waals surface area contributed by atoms with Crippen molar-refractivity contribution in [1.82, 2.24) is 0 Å². The Morgan fingerprint density at radius 1 is 1.05 bits per heavy atom. The molecule has 0 bridgehead atoms. The Morgan fingerprint density at radius 2 is 1.79 bits per heavy atom. The first-order chi connectivity index (χ1) is 9.20. The number of aliphatic hydroxyl groups is 1. The highest BCUT2D eigenvalue weighted by Gasteiger charge is 2.30. The third-order valence-electron chi connectivity index (χ3n) is 3.70. The van der Waals surface area contributed by atoms with E-state index in [0.29, 0.717) is 6.54 Å². The van der Waals surface area contributed by atoms with Gasteiger partial charge in [-0.25, -0.2) is 0 Å². The minimum absolute atomic E-state index is 0.0570. The molecule has 2 aromatic rings. The van der Waals surface area contributed by atoms with Gasteiger partial charge < -0.3 is 10.8 Å². The van der Waals surface area contributed by atoms with Crippen LogP contribution in [0.1, 0.15) is 16.7 Å². The maximum atomic E-state index is 9.88. The number of aryl methyl sites for hydroxylation is 1. The van der Waals surface area contributed by atoms with Crippen molar-refractivity contribution in [1.29, 1.82) is 0 Å². The average Bonchev–Trinajstić information content (AvgIpc) is 2.46. The number of nitrogens with two attached hydrogens (primary N) is 1. The lowest BCUT2D eigenvalue weighted by Gasteiger charge is -2.31. The van der Waals surface area contributed by atoms with Crippen LogP contribution in [-0.2, 0) is 11.8 Å². The summed E-state index contributed by atoms with van der Waals surface area (Å²) in [6.45, 7) is 2.57. The zero-order chi connectivity index (χ0) is 13.7. The standard InChI is InChI=1S/C17H21NO/c1-14-6-5-7-15(10-14)11-17(12-18,13-19)16-8-3-2-4-9-16/h2-10,19H,11-13,18H2,1H3. The fourth-order valence-corrected chi connectivity index (χ4v) is 2.51. The molecule has 0 spiro atoms. The molecule has 0 radical (unpaired) electrons. The minimum Gasteiger partial charge on any atom is -0.395 e. The zero-order valence-electron chi connectivity index (χ0n) is 11.3. The molecule has 2 heteroatoms. The van der Waals surface area contributed by atoms with Crippen LogP contribution in [0.4, 0.5) is 0 Å². The molecule has 0 aliphatic carbocycles. The van der Waals surface area contributed by atoms with Crippen molar-refractivity contribution in [2.75, 3.05) is 13.2 Å². The molecule has 0 heterocycles. The Labute approximate surface area is 114 Å². The van der Waals surface area contributed by atoms with Gasteiger partial charge in [0.15, 0.2) is 0 Å². The van der Waals surface area contributed by atoms with E-state index < -0.39 is 5.41 Å². The van der Waals surface area contributed by atoms with Gasteiger partial charge in [-0.1, -0.05) is 60.2 Å². The monoisotopic (exact) mass is 255 g/mol. The maximum absolute atomic E-state index is 9.88. The van der Waals surface area contributed by atoms with Crippen LogP contribution in [-0.4, -0.2) is 18.3 Å². The van der Waals surface area contributed by atoms with Crippen molar-refractivity contribution in [3.8, 4) is 0 Å². The van der Waals surface area contributed by atoms with Crippen molar-refractivity contribution in [3.63, 3.8) is 0 Å². The molecular weight excluding hydrogens is 234 g/mol. The summed E-state index contributed by atoms with van der Waals surface area (Å²) in [5.74, 6) is 0. The lowest BCUT2D eigenvalue weighted by molar-refractivity contribution is 0.196. The second-order valence-electron chi connectivity index (χ2n) is 5.17.